The van der Waals surface area contributed by atoms with Crippen LogP contribution in [-0.2, 0) is 9.84 Å². The summed E-state index contributed by atoms with van der Waals surface area (Å²) in [5.74, 6) is 0.142. The molecule has 1 heterocycles. The highest BCUT2D eigenvalue weighted by molar-refractivity contribution is 7.94. The van der Waals surface area contributed by atoms with Crippen molar-refractivity contribution in [3.05, 3.63) is 58.5 Å². The van der Waals surface area contributed by atoms with Gasteiger partial charge in [-0.05, 0) is 53.5 Å². The van der Waals surface area contributed by atoms with Gasteiger partial charge in [0.05, 0.1) is 16.5 Å². The van der Waals surface area contributed by atoms with Gasteiger partial charge in [-0.25, -0.2) is 13.2 Å². The molecule has 0 saturated heterocycles. The number of nitrogens with zero attached hydrogens (tertiary/aromatic N) is 1. The van der Waals surface area contributed by atoms with E-state index < -0.39 is 15.9 Å². The number of rotatable bonds is 3. The molecule has 0 fully saturated rings. The summed E-state index contributed by atoms with van der Waals surface area (Å²) in [4.78, 5) is 12.4. The maximum Gasteiger partial charge on any atom is 0.323 e. The average molecular weight is 367 g/mol. The van der Waals surface area contributed by atoms with Crippen LogP contribution in [0.2, 0.25) is 0 Å². The first-order valence-corrected chi connectivity index (χ1v) is 9.54. The Balaban J connectivity index is 1.77. The van der Waals surface area contributed by atoms with Gasteiger partial charge in [-0.15, -0.1) is 0 Å². The molecule has 3 rings (SSSR count). The zero-order chi connectivity index (χ0) is 18.9. The van der Waals surface area contributed by atoms with Gasteiger partial charge in [0.2, 0.25) is 9.84 Å². The molecular weight excluding hydrogens is 350 g/mol. The van der Waals surface area contributed by atoms with E-state index in [0.29, 0.717) is 22.5 Å². The maximum absolute atomic E-state index is 12.2. The van der Waals surface area contributed by atoms with E-state index in [9.17, 15) is 13.2 Å². The monoisotopic (exact) mass is 367 g/mol. The fourth-order valence-corrected chi connectivity index (χ4v) is 3.97. The van der Waals surface area contributed by atoms with Crippen LogP contribution in [0.5, 0.6) is 0 Å². The number of urea groups is 1. The Hall–Kier alpha value is -3.11. The van der Waals surface area contributed by atoms with Crippen LogP contribution < -0.4 is 10.6 Å². The number of hydrogen-bond donors (Lipinski definition) is 2. The lowest BCUT2D eigenvalue weighted by molar-refractivity contribution is 0.262. The molecule has 0 spiro atoms. The standard InChI is InChI=1S/C19H17N3O3S/c1-12(2)17-9-15(6-4-14(17)11-20)21-19(23)22-16-5-3-13-7-8-26(24,25)18(13)10-16/h3-10,12H,1-2H3,(H2,21,22,23). The molecule has 7 heteroatoms. The summed E-state index contributed by atoms with van der Waals surface area (Å²) in [5.41, 5.74) is 2.96. The second-order valence-corrected chi connectivity index (χ2v) is 8.05. The molecule has 1 aliphatic rings. The van der Waals surface area contributed by atoms with Crippen LogP contribution >= 0.6 is 0 Å². The first kappa shape index (κ1) is 17.7. The first-order valence-electron chi connectivity index (χ1n) is 7.99. The van der Waals surface area contributed by atoms with Crippen molar-refractivity contribution in [2.24, 2.45) is 0 Å². The van der Waals surface area contributed by atoms with Crippen LogP contribution in [0.3, 0.4) is 0 Å². The van der Waals surface area contributed by atoms with E-state index in [-0.39, 0.29) is 10.8 Å². The molecule has 2 amide bonds. The Morgan fingerprint density at radius 3 is 2.38 bits per heavy atom. The molecule has 0 aromatic heterocycles. The minimum absolute atomic E-state index is 0.142. The summed E-state index contributed by atoms with van der Waals surface area (Å²) >= 11 is 0. The lowest BCUT2D eigenvalue weighted by Gasteiger charge is -2.12. The number of sulfone groups is 1. The smallest absolute Gasteiger partial charge is 0.308 e. The summed E-state index contributed by atoms with van der Waals surface area (Å²) in [6.07, 6.45) is 1.53. The normalized spacial score (nSPS) is 13.9. The van der Waals surface area contributed by atoms with Gasteiger partial charge in [0.25, 0.3) is 0 Å². The van der Waals surface area contributed by atoms with Gasteiger partial charge in [0.15, 0.2) is 0 Å². The number of carbonyl (C=O) groups excluding carboxylic acids is 1. The van der Waals surface area contributed by atoms with E-state index in [1.165, 1.54) is 12.1 Å². The van der Waals surface area contributed by atoms with Crippen LogP contribution in [-0.4, -0.2) is 14.4 Å². The summed E-state index contributed by atoms with van der Waals surface area (Å²) in [7, 11) is -3.43. The van der Waals surface area contributed by atoms with Crippen molar-refractivity contribution < 1.29 is 13.2 Å². The Kier molecular flexibility index (Phi) is 4.53. The molecule has 0 aliphatic carbocycles. The molecule has 0 atom stereocenters. The molecule has 0 bridgehead atoms. The fraction of sp³-hybridized carbons (Fsp3) is 0.158. The number of amides is 2. The third-order valence-electron chi connectivity index (χ3n) is 4.06. The van der Waals surface area contributed by atoms with Gasteiger partial charge in [-0.1, -0.05) is 19.9 Å². The van der Waals surface area contributed by atoms with Crippen molar-refractivity contribution in [2.75, 3.05) is 10.6 Å². The topological polar surface area (TPSA) is 99.1 Å². The summed E-state index contributed by atoms with van der Waals surface area (Å²) in [6.45, 7) is 3.94. The third-order valence-corrected chi connectivity index (χ3v) is 5.52. The highest BCUT2D eigenvalue weighted by Gasteiger charge is 2.21. The van der Waals surface area contributed by atoms with Crippen molar-refractivity contribution in [2.45, 2.75) is 24.7 Å². The van der Waals surface area contributed by atoms with Crippen molar-refractivity contribution in [3.63, 3.8) is 0 Å². The van der Waals surface area contributed by atoms with E-state index in [1.807, 2.05) is 13.8 Å². The fourth-order valence-electron chi connectivity index (χ4n) is 2.75. The van der Waals surface area contributed by atoms with Crippen LogP contribution in [0.1, 0.15) is 36.5 Å². The van der Waals surface area contributed by atoms with E-state index in [2.05, 4.69) is 16.7 Å². The van der Waals surface area contributed by atoms with E-state index in [1.54, 1.807) is 30.3 Å². The van der Waals surface area contributed by atoms with Gasteiger partial charge in [0.1, 0.15) is 0 Å². The van der Waals surface area contributed by atoms with E-state index in [0.717, 1.165) is 11.0 Å². The first-order chi connectivity index (χ1) is 12.3. The molecule has 6 nitrogen and oxygen atoms in total. The quantitative estimate of drug-likeness (QED) is 0.853. The molecule has 0 unspecified atom stereocenters. The third kappa shape index (κ3) is 3.46. The lowest BCUT2D eigenvalue weighted by atomic mass is 9.97. The summed E-state index contributed by atoms with van der Waals surface area (Å²) < 4.78 is 23.8. The highest BCUT2D eigenvalue weighted by atomic mass is 32.2. The predicted molar refractivity (Wildman–Crippen MR) is 101 cm³/mol. The minimum atomic E-state index is -3.43. The van der Waals surface area contributed by atoms with Crippen LogP contribution in [0.4, 0.5) is 16.2 Å². The number of nitriles is 1. The second-order valence-electron chi connectivity index (χ2n) is 6.25. The number of benzene rings is 2. The molecule has 2 N–H and O–H groups in total. The molecule has 132 valence electrons. The number of carbonyl (C=O) groups is 1. The van der Waals surface area contributed by atoms with Gasteiger partial charge in [0, 0.05) is 16.8 Å². The summed E-state index contributed by atoms with van der Waals surface area (Å²) in [6, 6.07) is 11.4. The van der Waals surface area contributed by atoms with Crippen molar-refractivity contribution in [1.29, 1.82) is 5.26 Å². The number of anilines is 2. The average Bonchev–Trinajstić information content (AvgIpc) is 2.89. The second kappa shape index (κ2) is 6.65. The van der Waals surface area contributed by atoms with Gasteiger partial charge in [-0.2, -0.15) is 5.26 Å². The number of nitrogens with one attached hydrogen (secondary N) is 2. The maximum atomic E-state index is 12.2. The van der Waals surface area contributed by atoms with Gasteiger partial charge < -0.3 is 10.6 Å². The number of hydrogen-bond acceptors (Lipinski definition) is 4. The lowest BCUT2D eigenvalue weighted by Crippen LogP contribution is -2.19. The Morgan fingerprint density at radius 2 is 1.73 bits per heavy atom. The minimum Gasteiger partial charge on any atom is -0.308 e. The Bertz CT molecular complexity index is 1060. The van der Waals surface area contributed by atoms with Crippen molar-refractivity contribution in [3.8, 4) is 6.07 Å². The van der Waals surface area contributed by atoms with E-state index >= 15 is 0 Å². The van der Waals surface area contributed by atoms with E-state index in [4.69, 9.17) is 5.26 Å². The SMILES string of the molecule is CC(C)c1cc(NC(=O)Nc2ccc3c(c2)S(=O)(=O)C=C3)ccc1C#N. The van der Waals surface area contributed by atoms with Crippen molar-refractivity contribution in [1.82, 2.24) is 0 Å². The Morgan fingerprint density at radius 1 is 1.08 bits per heavy atom. The summed E-state index contributed by atoms with van der Waals surface area (Å²) in [5, 5.41) is 15.6. The highest BCUT2D eigenvalue weighted by Crippen LogP contribution is 2.29. The van der Waals surface area contributed by atoms with Gasteiger partial charge in [-0.3, -0.25) is 0 Å². The predicted octanol–water partition coefficient (Wildman–Crippen LogP) is 4.08. The molecule has 0 radical (unpaired) electrons. The molecule has 2 aromatic carbocycles. The van der Waals surface area contributed by atoms with Crippen LogP contribution in [0.25, 0.3) is 6.08 Å². The van der Waals surface area contributed by atoms with Gasteiger partial charge >= 0.3 is 6.03 Å². The Labute approximate surface area is 152 Å². The molecular formula is C19H17N3O3S. The molecule has 2 aromatic rings. The number of fused-ring (bicyclic) bond motifs is 1. The van der Waals surface area contributed by atoms with Crippen molar-refractivity contribution >= 4 is 33.3 Å². The zero-order valence-corrected chi connectivity index (χ0v) is 15.1. The van der Waals surface area contributed by atoms with Crippen LogP contribution in [0.15, 0.2) is 46.7 Å². The largest absolute Gasteiger partial charge is 0.323 e. The molecule has 1 aliphatic heterocycles. The molecule has 26 heavy (non-hydrogen) atoms. The zero-order valence-electron chi connectivity index (χ0n) is 14.3. The van der Waals surface area contributed by atoms with Crippen LogP contribution in [0, 0.1) is 11.3 Å². The molecule has 0 saturated carbocycles.